The standard InChI is InChI=1S/C7H6N4S/c12-7-5-11(10-9-7)6-1-3-8-4-2-6/h1-4H,5H2. The van der Waals surface area contributed by atoms with Gasteiger partial charge in [0.1, 0.15) is 4.99 Å². The molecule has 0 saturated heterocycles. The Morgan fingerprint density at radius 2 is 2.08 bits per heavy atom. The van der Waals surface area contributed by atoms with Crippen molar-refractivity contribution in [1.82, 2.24) is 4.98 Å². The van der Waals surface area contributed by atoms with Crippen molar-refractivity contribution in [2.24, 2.45) is 10.3 Å². The van der Waals surface area contributed by atoms with Crippen LogP contribution < -0.4 is 5.01 Å². The molecule has 0 amide bonds. The predicted octanol–water partition coefficient (Wildman–Crippen LogP) is 1.60. The van der Waals surface area contributed by atoms with E-state index in [4.69, 9.17) is 12.2 Å². The lowest BCUT2D eigenvalue weighted by atomic mass is 10.4. The molecular formula is C7H6N4S. The van der Waals surface area contributed by atoms with Crippen LogP contribution in [0.1, 0.15) is 0 Å². The molecule has 0 bridgehead atoms. The molecule has 1 aromatic rings. The summed E-state index contributed by atoms with van der Waals surface area (Å²) in [5, 5.41) is 9.37. The summed E-state index contributed by atoms with van der Waals surface area (Å²) in [5.41, 5.74) is 0.966. The van der Waals surface area contributed by atoms with Crippen LogP contribution in [0, 0.1) is 0 Å². The maximum atomic E-state index is 4.88. The topological polar surface area (TPSA) is 40.9 Å². The molecular weight excluding hydrogens is 172 g/mol. The van der Waals surface area contributed by atoms with Crippen LogP contribution in [-0.4, -0.2) is 16.5 Å². The van der Waals surface area contributed by atoms with Crippen molar-refractivity contribution in [1.29, 1.82) is 0 Å². The second kappa shape index (κ2) is 2.94. The van der Waals surface area contributed by atoms with Gasteiger partial charge in [0, 0.05) is 12.4 Å². The number of aromatic nitrogens is 1. The SMILES string of the molecule is S=C1CN(c2ccncc2)N=N1. The van der Waals surface area contributed by atoms with Crippen LogP contribution in [0.3, 0.4) is 0 Å². The third kappa shape index (κ3) is 1.31. The van der Waals surface area contributed by atoms with Crippen molar-refractivity contribution in [2.75, 3.05) is 11.6 Å². The van der Waals surface area contributed by atoms with E-state index in [1.807, 2.05) is 12.1 Å². The molecule has 1 aromatic heterocycles. The largest absolute Gasteiger partial charge is 0.265 e. The first kappa shape index (κ1) is 7.30. The number of anilines is 1. The fourth-order valence-corrected chi connectivity index (χ4v) is 1.11. The van der Waals surface area contributed by atoms with Gasteiger partial charge >= 0.3 is 0 Å². The molecule has 1 aliphatic rings. The summed E-state index contributed by atoms with van der Waals surface area (Å²) in [6, 6.07) is 3.74. The number of thiocarbonyl (C=S) groups is 1. The lowest BCUT2D eigenvalue weighted by Gasteiger charge is -2.09. The van der Waals surface area contributed by atoms with E-state index in [0.717, 1.165) is 5.69 Å². The molecule has 0 spiro atoms. The molecule has 0 aromatic carbocycles. The Labute approximate surface area is 74.9 Å². The fraction of sp³-hybridized carbons (Fsp3) is 0.143. The van der Waals surface area contributed by atoms with E-state index in [-0.39, 0.29) is 0 Å². The molecule has 0 saturated carbocycles. The zero-order valence-electron chi connectivity index (χ0n) is 6.21. The first-order chi connectivity index (χ1) is 5.86. The first-order valence-corrected chi connectivity index (χ1v) is 3.89. The van der Waals surface area contributed by atoms with Crippen molar-refractivity contribution in [3.05, 3.63) is 24.5 Å². The van der Waals surface area contributed by atoms with Crippen LogP contribution in [0.2, 0.25) is 0 Å². The molecule has 1 aliphatic heterocycles. The predicted molar refractivity (Wildman–Crippen MR) is 49.0 cm³/mol. The van der Waals surface area contributed by atoms with Gasteiger partial charge in [0.05, 0.1) is 12.2 Å². The Hall–Kier alpha value is -1.36. The molecule has 5 heteroatoms. The number of pyridine rings is 1. The molecule has 0 N–H and O–H groups in total. The lowest BCUT2D eigenvalue weighted by Crippen LogP contribution is -2.15. The summed E-state index contributed by atoms with van der Waals surface area (Å²) in [6.07, 6.45) is 3.43. The molecule has 0 unspecified atom stereocenters. The van der Waals surface area contributed by atoms with E-state index in [1.165, 1.54) is 0 Å². The summed E-state index contributed by atoms with van der Waals surface area (Å²) in [4.78, 5) is 4.52. The van der Waals surface area contributed by atoms with Crippen LogP contribution >= 0.6 is 12.2 Å². The van der Waals surface area contributed by atoms with E-state index >= 15 is 0 Å². The summed E-state index contributed by atoms with van der Waals surface area (Å²) in [5.74, 6) is 0. The van der Waals surface area contributed by atoms with Gasteiger partial charge in [-0.05, 0) is 12.1 Å². The van der Waals surface area contributed by atoms with Gasteiger partial charge in [0.25, 0.3) is 0 Å². The van der Waals surface area contributed by atoms with Crippen molar-refractivity contribution >= 4 is 22.9 Å². The van der Waals surface area contributed by atoms with E-state index < -0.39 is 0 Å². The Balaban J connectivity index is 2.23. The van der Waals surface area contributed by atoms with Crippen LogP contribution in [0.4, 0.5) is 5.69 Å². The van der Waals surface area contributed by atoms with Gasteiger partial charge in [-0.25, -0.2) is 5.01 Å². The molecule has 0 aliphatic carbocycles. The van der Waals surface area contributed by atoms with Crippen molar-refractivity contribution < 1.29 is 0 Å². The van der Waals surface area contributed by atoms with Crippen LogP contribution in [-0.2, 0) is 0 Å². The second-order valence-corrected chi connectivity index (χ2v) is 2.82. The van der Waals surface area contributed by atoms with E-state index in [0.29, 0.717) is 11.5 Å². The van der Waals surface area contributed by atoms with Gasteiger partial charge in [-0.15, -0.1) is 5.11 Å². The van der Waals surface area contributed by atoms with Crippen LogP contribution in [0.15, 0.2) is 34.9 Å². The number of nitrogens with zero attached hydrogens (tertiary/aromatic N) is 4. The van der Waals surface area contributed by atoms with E-state index in [1.54, 1.807) is 17.4 Å². The highest BCUT2D eigenvalue weighted by Crippen LogP contribution is 2.16. The Bertz CT molecular complexity index is 321. The Kier molecular flexibility index (Phi) is 1.79. The minimum atomic E-state index is 0.597. The van der Waals surface area contributed by atoms with Gasteiger partial charge in [0.15, 0.2) is 0 Å². The number of rotatable bonds is 1. The highest BCUT2D eigenvalue weighted by Gasteiger charge is 2.13. The molecule has 4 nitrogen and oxygen atoms in total. The summed E-state index contributed by atoms with van der Waals surface area (Å²) >= 11 is 4.88. The monoisotopic (exact) mass is 178 g/mol. The second-order valence-electron chi connectivity index (χ2n) is 2.35. The van der Waals surface area contributed by atoms with Crippen molar-refractivity contribution in [3.8, 4) is 0 Å². The molecule has 0 atom stereocenters. The average molecular weight is 178 g/mol. The summed E-state index contributed by atoms with van der Waals surface area (Å²) in [7, 11) is 0. The average Bonchev–Trinajstić information content (AvgIpc) is 2.54. The molecule has 2 heterocycles. The van der Waals surface area contributed by atoms with Crippen molar-refractivity contribution in [3.63, 3.8) is 0 Å². The first-order valence-electron chi connectivity index (χ1n) is 3.48. The Morgan fingerprint density at radius 3 is 2.67 bits per heavy atom. The van der Waals surface area contributed by atoms with Gasteiger partial charge in [-0.3, -0.25) is 4.98 Å². The third-order valence-electron chi connectivity index (χ3n) is 1.51. The Morgan fingerprint density at radius 1 is 1.33 bits per heavy atom. The number of hydrogen-bond donors (Lipinski definition) is 0. The van der Waals surface area contributed by atoms with Crippen LogP contribution in [0.25, 0.3) is 0 Å². The summed E-state index contributed by atoms with van der Waals surface area (Å²) in [6.45, 7) is 0.597. The molecule has 2 rings (SSSR count). The van der Waals surface area contributed by atoms with Gasteiger partial charge in [-0.1, -0.05) is 17.4 Å². The fourth-order valence-electron chi connectivity index (χ4n) is 0.954. The number of hydrogen-bond acceptors (Lipinski definition) is 4. The van der Waals surface area contributed by atoms with E-state index in [9.17, 15) is 0 Å². The van der Waals surface area contributed by atoms with Crippen molar-refractivity contribution in [2.45, 2.75) is 0 Å². The smallest absolute Gasteiger partial charge is 0.149 e. The summed E-state index contributed by atoms with van der Waals surface area (Å²) < 4.78 is 0. The van der Waals surface area contributed by atoms with Gasteiger partial charge in [-0.2, -0.15) is 0 Å². The van der Waals surface area contributed by atoms with Gasteiger partial charge < -0.3 is 0 Å². The molecule has 12 heavy (non-hydrogen) atoms. The van der Waals surface area contributed by atoms with Gasteiger partial charge in [0.2, 0.25) is 0 Å². The molecule has 60 valence electrons. The quantitative estimate of drug-likeness (QED) is 0.613. The van der Waals surface area contributed by atoms with Crippen LogP contribution in [0.5, 0.6) is 0 Å². The normalized spacial score (nSPS) is 15.7. The maximum Gasteiger partial charge on any atom is 0.149 e. The lowest BCUT2D eigenvalue weighted by molar-refractivity contribution is 0.957. The zero-order chi connectivity index (χ0) is 8.39. The zero-order valence-corrected chi connectivity index (χ0v) is 7.03. The maximum absolute atomic E-state index is 4.88. The molecule has 0 radical (unpaired) electrons. The minimum absolute atomic E-state index is 0.597. The highest BCUT2D eigenvalue weighted by molar-refractivity contribution is 7.80. The highest BCUT2D eigenvalue weighted by atomic mass is 32.1. The minimum Gasteiger partial charge on any atom is -0.265 e. The molecule has 0 fully saturated rings. The van der Waals surface area contributed by atoms with E-state index in [2.05, 4.69) is 15.3 Å². The third-order valence-corrected chi connectivity index (χ3v) is 1.72.